The Morgan fingerprint density at radius 3 is 2.16 bits per heavy atom. The lowest BCUT2D eigenvalue weighted by Gasteiger charge is -2.25. The molecule has 0 aliphatic carbocycles. The number of nitrogens with zero attached hydrogens (tertiary/aromatic N) is 2. The van der Waals surface area contributed by atoms with Crippen LogP contribution in [-0.4, -0.2) is 93.7 Å². The van der Waals surface area contributed by atoms with Gasteiger partial charge in [-0.25, -0.2) is 9.78 Å². The zero-order valence-corrected chi connectivity index (χ0v) is 20.6. The molecule has 0 aliphatic rings. The zero-order chi connectivity index (χ0) is 27.8. The van der Waals surface area contributed by atoms with Gasteiger partial charge in [0.05, 0.1) is 12.9 Å². The Kier molecular flexibility index (Phi) is 14.2. The van der Waals surface area contributed by atoms with Crippen molar-refractivity contribution in [2.45, 2.75) is 62.7 Å². The molecule has 4 unspecified atom stereocenters. The summed E-state index contributed by atoms with van der Waals surface area (Å²) in [6.07, 6.45) is 4.42. The summed E-state index contributed by atoms with van der Waals surface area (Å²) < 4.78 is 0. The van der Waals surface area contributed by atoms with Crippen LogP contribution in [0.2, 0.25) is 0 Å². The molecule has 3 amide bonds. The lowest BCUT2D eigenvalue weighted by atomic mass is 10.1. The van der Waals surface area contributed by atoms with E-state index in [1.807, 2.05) is 0 Å². The molecule has 1 aromatic rings. The summed E-state index contributed by atoms with van der Waals surface area (Å²) >= 11 is 0. The maximum absolute atomic E-state index is 13.2. The number of amides is 3. The second-order valence-electron chi connectivity index (χ2n) is 8.33. The van der Waals surface area contributed by atoms with Crippen molar-refractivity contribution in [3.8, 4) is 0 Å². The van der Waals surface area contributed by atoms with E-state index in [2.05, 4.69) is 30.9 Å². The molecule has 208 valence electrons. The number of hydrogen-bond donors (Lipinski definition) is 10. The number of carbonyl (C=O) groups excluding carboxylic acids is 3. The lowest BCUT2D eigenvalue weighted by molar-refractivity contribution is -0.142. The van der Waals surface area contributed by atoms with Crippen LogP contribution in [0.5, 0.6) is 0 Å². The van der Waals surface area contributed by atoms with E-state index in [9.17, 15) is 24.3 Å². The molecular formula is C21H38N10O6. The third kappa shape index (κ3) is 12.2. The van der Waals surface area contributed by atoms with Crippen molar-refractivity contribution in [3.63, 3.8) is 0 Å². The summed E-state index contributed by atoms with van der Waals surface area (Å²) in [5.41, 5.74) is 22.2. The van der Waals surface area contributed by atoms with Crippen molar-refractivity contribution in [2.24, 2.45) is 27.9 Å². The Balaban J connectivity index is 3.05. The van der Waals surface area contributed by atoms with Gasteiger partial charge >= 0.3 is 5.97 Å². The number of H-pyrrole nitrogens is 1. The first-order valence-corrected chi connectivity index (χ1v) is 11.8. The first-order chi connectivity index (χ1) is 17.6. The van der Waals surface area contributed by atoms with E-state index < -0.39 is 54.5 Å². The van der Waals surface area contributed by atoms with Crippen LogP contribution in [0, 0.1) is 0 Å². The number of aliphatic hydroxyl groups excluding tert-OH is 1. The Hall–Kier alpha value is -3.76. The van der Waals surface area contributed by atoms with Gasteiger partial charge in [-0.05, 0) is 38.6 Å². The number of hydrogen-bond acceptors (Lipinski definition) is 9. The summed E-state index contributed by atoms with van der Waals surface area (Å²) in [4.78, 5) is 60.6. The summed E-state index contributed by atoms with van der Waals surface area (Å²) in [6.45, 7) is -0.0889. The minimum Gasteiger partial charge on any atom is -0.480 e. The van der Waals surface area contributed by atoms with E-state index in [1.54, 1.807) is 0 Å². The molecule has 0 aliphatic heterocycles. The average Bonchev–Trinajstić information content (AvgIpc) is 3.37. The SMILES string of the molecule is NCCCCC(NC(=O)C(CCCN=C(N)N)NC(=O)C(Cc1cnc[nH]1)NC(=O)C(N)CO)C(=O)O. The molecule has 37 heavy (non-hydrogen) atoms. The van der Waals surface area contributed by atoms with Gasteiger partial charge < -0.3 is 54.1 Å². The molecule has 1 aromatic heterocycles. The van der Waals surface area contributed by atoms with Crippen LogP contribution in [0.3, 0.4) is 0 Å². The Labute approximate surface area is 214 Å². The van der Waals surface area contributed by atoms with Crippen molar-refractivity contribution in [1.29, 1.82) is 0 Å². The number of aliphatic hydroxyl groups is 1. The molecule has 0 saturated heterocycles. The quantitative estimate of drug-likeness (QED) is 0.0499. The number of aromatic amines is 1. The molecule has 0 fully saturated rings. The highest BCUT2D eigenvalue weighted by molar-refractivity contribution is 5.94. The normalized spacial score (nSPS) is 14.0. The first kappa shape index (κ1) is 31.3. The fourth-order valence-electron chi connectivity index (χ4n) is 3.25. The number of carboxylic acids is 1. The third-order valence-corrected chi connectivity index (χ3v) is 5.29. The molecule has 0 aromatic carbocycles. The number of imidazole rings is 1. The Morgan fingerprint density at radius 1 is 0.973 bits per heavy atom. The largest absolute Gasteiger partial charge is 0.480 e. The standard InChI is InChI=1S/C21H38N10O6/c22-6-2-1-4-15(20(36)37)30-18(34)14(5-3-7-27-21(24)25)29-19(35)16(8-12-9-26-11-28-12)31-17(33)13(23)10-32/h9,11,13-16,32H,1-8,10,22-23H2,(H,26,28)(H,29,35)(H,30,34)(H,31,33)(H,36,37)(H4,24,25,27). The lowest BCUT2D eigenvalue weighted by Crippen LogP contribution is -2.58. The van der Waals surface area contributed by atoms with E-state index in [0.717, 1.165) is 0 Å². The van der Waals surface area contributed by atoms with Gasteiger partial charge in [-0.2, -0.15) is 0 Å². The highest BCUT2D eigenvalue weighted by atomic mass is 16.4. The van der Waals surface area contributed by atoms with Gasteiger partial charge in [-0.15, -0.1) is 0 Å². The number of aliphatic imine (C=N–C) groups is 1. The second-order valence-corrected chi connectivity index (χ2v) is 8.33. The molecule has 1 heterocycles. The number of carbonyl (C=O) groups is 4. The van der Waals surface area contributed by atoms with Crippen molar-refractivity contribution < 1.29 is 29.4 Å². The first-order valence-electron chi connectivity index (χ1n) is 11.8. The third-order valence-electron chi connectivity index (χ3n) is 5.29. The Morgan fingerprint density at radius 2 is 1.59 bits per heavy atom. The van der Waals surface area contributed by atoms with Crippen molar-refractivity contribution in [1.82, 2.24) is 25.9 Å². The number of unbranched alkanes of at least 4 members (excludes halogenated alkanes) is 1. The average molecular weight is 527 g/mol. The smallest absolute Gasteiger partial charge is 0.326 e. The predicted octanol–water partition coefficient (Wildman–Crippen LogP) is -4.01. The number of nitrogens with two attached hydrogens (primary N) is 4. The van der Waals surface area contributed by atoms with Crippen LogP contribution in [-0.2, 0) is 25.6 Å². The number of nitrogens with one attached hydrogen (secondary N) is 4. The maximum Gasteiger partial charge on any atom is 0.326 e. The second kappa shape index (κ2) is 16.8. The molecular weight excluding hydrogens is 488 g/mol. The molecule has 4 atom stereocenters. The summed E-state index contributed by atoms with van der Waals surface area (Å²) in [7, 11) is 0. The molecule has 16 heteroatoms. The molecule has 1 rings (SSSR count). The van der Waals surface area contributed by atoms with E-state index in [0.29, 0.717) is 25.1 Å². The van der Waals surface area contributed by atoms with Gasteiger partial charge in [0.1, 0.15) is 24.2 Å². The van der Waals surface area contributed by atoms with Crippen LogP contribution in [0.15, 0.2) is 17.5 Å². The number of guanidine groups is 1. The summed E-state index contributed by atoms with van der Waals surface area (Å²) in [6, 6.07) is -4.79. The van der Waals surface area contributed by atoms with Crippen LogP contribution in [0.25, 0.3) is 0 Å². The van der Waals surface area contributed by atoms with E-state index in [1.165, 1.54) is 12.5 Å². The van der Waals surface area contributed by atoms with Gasteiger partial charge in [0, 0.05) is 24.9 Å². The van der Waals surface area contributed by atoms with Gasteiger partial charge in [-0.1, -0.05) is 0 Å². The van der Waals surface area contributed by atoms with E-state index >= 15 is 0 Å². The van der Waals surface area contributed by atoms with Crippen molar-refractivity contribution in [2.75, 3.05) is 19.7 Å². The van der Waals surface area contributed by atoms with E-state index in [-0.39, 0.29) is 38.2 Å². The van der Waals surface area contributed by atoms with Crippen LogP contribution in [0.1, 0.15) is 37.8 Å². The fourth-order valence-corrected chi connectivity index (χ4v) is 3.25. The van der Waals surface area contributed by atoms with Crippen LogP contribution in [0.4, 0.5) is 0 Å². The van der Waals surface area contributed by atoms with Crippen LogP contribution < -0.4 is 38.9 Å². The monoisotopic (exact) mass is 526 g/mol. The number of rotatable bonds is 18. The number of carboxylic acid groups (broad SMARTS) is 1. The maximum atomic E-state index is 13.2. The van der Waals surface area contributed by atoms with Crippen molar-refractivity contribution >= 4 is 29.7 Å². The fraction of sp³-hybridized carbons (Fsp3) is 0.619. The topological polar surface area (TPSA) is 290 Å². The van der Waals surface area contributed by atoms with E-state index in [4.69, 9.17) is 28.0 Å². The minimum absolute atomic E-state index is 0.0189. The predicted molar refractivity (Wildman–Crippen MR) is 134 cm³/mol. The Bertz CT molecular complexity index is 890. The molecule has 0 saturated carbocycles. The minimum atomic E-state index is -1.26. The molecule has 0 spiro atoms. The summed E-state index contributed by atoms with van der Waals surface area (Å²) in [5.74, 6) is -3.60. The van der Waals surface area contributed by atoms with Gasteiger partial charge in [0.25, 0.3) is 0 Å². The highest BCUT2D eigenvalue weighted by Crippen LogP contribution is 2.06. The van der Waals surface area contributed by atoms with Gasteiger partial charge in [-0.3, -0.25) is 19.4 Å². The number of aliphatic carboxylic acids is 1. The molecule has 16 nitrogen and oxygen atoms in total. The zero-order valence-electron chi connectivity index (χ0n) is 20.6. The molecule has 0 radical (unpaired) electrons. The number of aromatic nitrogens is 2. The molecule has 14 N–H and O–H groups in total. The van der Waals surface area contributed by atoms with Gasteiger partial charge in [0.2, 0.25) is 17.7 Å². The van der Waals surface area contributed by atoms with Crippen LogP contribution >= 0.6 is 0 Å². The molecule has 0 bridgehead atoms. The van der Waals surface area contributed by atoms with Crippen molar-refractivity contribution in [3.05, 3.63) is 18.2 Å². The summed E-state index contributed by atoms with van der Waals surface area (Å²) in [5, 5.41) is 26.1. The highest BCUT2D eigenvalue weighted by Gasteiger charge is 2.30. The van der Waals surface area contributed by atoms with Gasteiger partial charge in [0.15, 0.2) is 5.96 Å².